The van der Waals surface area contributed by atoms with E-state index in [4.69, 9.17) is 9.47 Å². The van der Waals surface area contributed by atoms with Gasteiger partial charge in [-0.1, -0.05) is 30.3 Å². The second-order valence-corrected chi connectivity index (χ2v) is 3.96. The van der Waals surface area contributed by atoms with Gasteiger partial charge >= 0.3 is 5.97 Å². The van der Waals surface area contributed by atoms with E-state index in [0.717, 1.165) is 5.56 Å². The zero-order chi connectivity index (χ0) is 13.4. The van der Waals surface area contributed by atoms with Gasteiger partial charge in [0.25, 0.3) is 0 Å². The van der Waals surface area contributed by atoms with Crippen molar-refractivity contribution in [3.05, 3.63) is 35.9 Å². The lowest BCUT2D eigenvalue weighted by Crippen LogP contribution is -2.31. The van der Waals surface area contributed by atoms with Crippen molar-refractivity contribution < 1.29 is 19.0 Å². The van der Waals surface area contributed by atoms with E-state index in [1.54, 1.807) is 14.2 Å². The number of carbonyl (C=O) groups excluding carboxylic acids is 1. The van der Waals surface area contributed by atoms with Gasteiger partial charge in [-0.2, -0.15) is 0 Å². The minimum Gasteiger partial charge on any atom is -0.469 e. The Morgan fingerprint density at radius 2 is 1.72 bits per heavy atom. The molecule has 0 aliphatic heterocycles. The van der Waals surface area contributed by atoms with E-state index in [2.05, 4.69) is 4.74 Å². The Kier molecular flexibility index (Phi) is 5.82. The second-order valence-electron chi connectivity index (χ2n) is 3.96. The summed E-state index contributed by atoms with van der Waals surface area (Å²) in [5.74, 6) is -1.01. The molecule has 100 valence electrons. The van der Waals surface area contributed by atoms with Crippen LogP contribution in [0.5, 0.6) is 0 Å². The fourth-order valence-electron chi connectivity index (χ4n) is 1.93. The first kappa shape index (κ1) is 14.7. The molecule has 1 aromatic rings. The van der Waals surface area contributed by atoms with E-state index in [-0.39, 0.29) is 5.97 Å². The first-order chi connectivity index (χ1) is 8.68. The van der Waals surface area contributed by atoms with E-state index >= 15 is 0 Å². The fourth-order valence-corrected chi connectivity index (χ4v) is 1.93. The van der Waals surface area contributed by atoms with Crippen LogP contribution in [-0.2, 0) is 24.8 Å². The third kappa shape index (κ3) is 3.55. The fraction of sp³-hybridized carbons (Fsp3) is 0.500. The smallest absolute Gasteiger partial charge is 0.305 e. The molecule has 1 aromatic carbocycles. The maximum atomic E-state index is 11.1. The molecule has 0 atom stereocenters. The average molecular weight is 252 g/mol. The molecule has 0 aliphatic carbocycles. The van der Waals surface area contributed by atoms with Gasteiger partial charge in [0.15, 0.2) is 5.79 Å². The molecular weight excluding hydrogens is 232 g/mol. The molecule has 0 fully saturated rings. The zero-order valence-electron chi connectivity index (χ0n) is 11.1. The van der Waals surface area contributed by atoms with Gasteiger partial charge in [0, 0.05) is 32.6 Å². The van der Waals surface area contributed by atoms with Crippen molar-refractivity contribution >= 4 is 5.97 Å². The van der Waals surface area contributed by atoms with Gasteiger partial charge in [-0.05, 0) is 6.42 Å². The highest BCUT2D eigenvalue weighted by Gasteiger charge is 2.31. The van der Waals surface area contributed by atoms with Crippen LogP contribution in [0.15, 0.2) is 30.3 Å². The van der Waals surface area contributed by atoms with Crippen molar-refractivity contribution in [1.29, 1.82) is 0 Å². The van der Waals surface area contributed by atoms with Crippen LogP contribution >= 0.6 is 0 Å². The molecule has 18 heavy (non-hydrogen) atoms. The highest BCUT2D eigenvalue weighted by atomic mass is 16.7. The van der Waals surface area contributed by atoms with Crippen molar-refractivity contribution in [2.45, 2.75) is 25.0 Å². The first-order valence-corrected chi connectivity index (χ1v) is 5.91. The number of methoxy groups -OCH3 is 3. The standard InChI is InChI=1S/C14H20O4/c1-16-13(15)10-7-11-14(17-2,18-3)12-8-5-4-6-9-12/h4-6,8-9H,7,10-11H2,1-3H3. The van der Waals surface area contributed by atoms with Crippen molar-refractivity contribution in [1.82, 2.24) is 0 Å². The summed E-state index contributed by atoms with van der Waals surface area (Å²) in [4.78, 5) is 11.1. The summed E-state index contributed by atoms with van der Waals surface area (Å²) in [5.41, 5.74) is 0.944. The lowest BCUT2D eigenvalue weighted by Gasteiger charge is -2.31. The number of hydrogen-bond donors (Lipinski definition) is 0. The SMILES string of the molecule is COC(=O)CCCC(OC)(OC)c1ccccc1. The Labute approximate surface area is 108 Å². The molecule has 1 rings (SSSR count). The van der Waals surface area contributed by atoms with Gasteiger partial charge in [0.1, 0.15) is 0 Å². The van der Waals surface area contributed by atoms with Crippen molar-refractivity contribution in [3.8, 4) is 0 Å². The van der Waals surface area contributed by atoms with E-state index in [9.17, 15) is 4.79 Å². The van der Waals surface area contributed by atoms with Gasteiger partial charge in [0.2, 0.25) is 0 Å². The van der Waals surface area contributed by atoms with Gasteiger partial charge in [-0.25, -0.2) is 0 Å². The summed E-state index contributed by atoms with van der Waals surface area (Å²) in [5, 5.41) is 0. The molecule has 0 aromatic heterocycles. The number of esters is 1. The molecule has 4 heteroatoms. The molecule has 0 N–H and O–H groups in total. The molecule has 0 saturated carbocycles. The molecule has 0 spiro atoms. The summed E-state index contributed by atoms with van der Waals surface area (Å²) in [6.45, 7) is 0. The van der Waals surface area contributed by atoms with Crippen LogP contribution < -0.4 is 0 Å². The van der Waals surface area contributed by atoms with E-state index < -0.39 is 5.79 Å². The third-order valence-corrected chi connectivity index (χ3v) is 2.99. The van der Waals surface area contributed by atoms with E-state index in [1.807, 2.05) is 30.3 Å². The quantitative estimate of drug-likeness (QED) is 0.552. The van der Waals surface area contributed by atoms with Crippen LogP contribution in [0.3, 0.4) is 0 Å². The predicted octanol–water partition coefficient (Wildman–Crippen LogP) is 2.48. The largest absolute Gasteiger partial charge is 0.469 e. The molecule has 0 saturated heterocycles. The van der Waals surface area contributed by atoms with Crippen LogP contribution in [-0.4, -0.2) is 27.3 Å². The van der Waals surface area contributed by atoms with Crippen LogP contribution in [0.1, 0.15) is 24.8 Å². The molecular formula is C14H20O4. The summed E-state index contributed by atoms with van der Waals surface area (Å²) >= 11 is 0. The van der Waals surface area contributed by atoms with E-state index in [1.165, 1.54) is 7.11 Å². The monoisotopic (exact) mass is 252 g/mol. The second kappa shape index (κ2) is 7.13. The normalized spacial score (nSPS) is 11.3. The Balaban J connectivity index is 2.72. The molecule has 0 amide bonds. The van der Waals surface area contributed by atoms with Gasteiger partial charge in [-0.15, -0.1) is 0 Å². The number of carbonyl (C=O) groups is 1. The highest BCUT2D eigenvalue weighted by molar-refractivity contribution is 5.69. The Morgan fingerprint density at radius 1 is 1.11 bits per heavy atom. The molecule has 4 nitrogen and oxygen atoms in total. The molecule has 0 unspecified atom stereocenters. The Bertz CT molecular complexity index is 357. The predicted molar refractivity (Wildman–Crippen MR) is 68.0 cm³/mol. The summed E-state index contributed by atoms with van der Waals surface area (Å²) in [7, 11) is 4.60. The Hall–Kier alpha value is -1.39. The third-order valence-electron chi connectivity index (χ3n) is 2.99. The molecule has 0 heterocycles. The number of ether oxygens (including phenoxy) is 3. The van der Waals surface area contributed by atoms with Gasteiger partial charge in [-0.3, -0.25) is 4.79 Å². The van der Waals surface area contributed by atoms with Crippen LogP contribution in [0.2, 0.25) is 0 Å². The summed E-state index contributed by atoms with van der Waals surface area (Å²) in [6.07, 6.45) is 1.60. The van der Waals surface area contributed by atoms with Crippen molar-refractivity contribution in [3.63, 3.8) is 0 Å². The van der Waals surface area contributed by atoms with Crippen LogP contribution in [0, 0.1) is 0 Å². The zero-order valence-corrected chi connectivity index (χ0v) is 11.1. The maximum absolute atomic E-state index is 11.1. The first-order valence-electron chi connectivity index (χ1n) is 5.91. The number of rotatable bonds is 7. The highest BCUT2D eigenvalue weighted by Crippen LogP contribution is 2.31. The van der Waals surface area contributed by atoms with Crippen LogP contribution in [0.25, 0.3) is 0 Å². The summed E-state index contributed by atoms with van der Waals surface area (Å²) in [6, 6.07) is 9.70. The lowest BCUT2D eigenvalue weighted by atomic mass is 9.99. The molecule has 0 bridgehead atoms. The molecule has 0 radical (unpaired) electrons. The lowest BCUT2D eigenvalue weighted by molar-refractivity contribution is -0.221. The van der Waals surface area contributed by atoms with E-state index in [0.29, 0.717) is 19.3 Å². The summed E-state index contributed by atoms with van der Waals surface area (Å²) < 4.78 is 15.6. The Morgan fingerprint density at radius 3 is 2.22 bits per heavy atom. The van der Waals surface area contributed by atoms with Crippen molar-refractivity contribution in [2.24, 2.45) is 0 Å². The van der Waals surface area contributed by atoms with Crippen LogP contribution in [0.4, 0.5) is 0 Å². The van der Waals surface area contributed by atoms with Gasteiger partial charge < -0.3 is 14.2 Å². The minimum atomic E-state index is -0.796. The average Bonchev–Trinajstić information content (AvgIpc) is 2.44. The number of benzene rings is 1. The van der Waals surface area contributed by atoms with Gasteiger partial charge in [0.05, 0.1) is 7.11 Å². The minimum absolute atomic E-state index is 0.218. The number of hydrogen-bond acceptors (Lipinski definition) is 4. The topological polar surface area (TPSA) is 44.8 Å². The molecule has 0 aliphatic rings. The van der Waals surface area contributed by atoms with Crippen molar-refractivity contribution in [2.75, 3.05) is 21.3 Å². The maximum Gasteiger partial charge on any atom is 0.305 e.